The summed E-state index contributed by atoms with van der Waals surface area (Å²) in [7, 11) is -3.69. The number of para-hydroxylation sites is 1. The summed E-state index contributed by atoms with van der Waals surface area (Å²) in [4.78, 5) is 31.0. The van der Waals surface area contributed by atoms with Crippen molar-refractivity contribution in [1.82, 2.24) is 4.72 Å². The summed E-state index contributed by atoms with van der Waals surface area (Å²) < 4.78 is 31.8. The number of fused-ring (bicyclic) bond motifs is 2. The molecule has 0 bridgehead atoms. The zero-order valence-corrected chi connectivity index (χ0v) is 17.3. The van der Waals surface area contributed by atoms with E-state index in [1.54, 1.807) is 23.1 Å². The van der Waals surface area contributed by atoms with Crippen LogP contribution in [0.1, 0.15) is 25.0 Å². The number of aliphatic imine (C=N–C) groups is 1. The molecule has 0 spiro atoms. The van der Waals surface area contributed by atoms with Gasteiger partial charge in [0, 0.05) is 17.3 Å². The minimum absolute atomic E-state index is 0.0179. The monoisotopic (exact) mass is 427 g/mol. The molecule has 30 heavy (non-hydrogen) atoms. The Morgan fingerprint density at radius 2 is 1.90 bits per heavy atom. The van der Waals surface area contributed by atoms with E-state index in [-0.39, 0.29) is 22.7 Å². The van der Waals surface area contributed by atoms with Crippen LogP contribution in [0.5, 0.6) is 0 Å². The van der Waals surface area contributed by atoms with Crippen LogP contribution >= 0.6 is 0 Å². The molecule has 2 aromatic rings. The highest BCUT2D eigenvalue weighted by molar-refractivity contribution is 7.90. The van der Waals surface area contributed by atoms with Gasteiger partial charge in [-0.15, -0.1) is 0 Å². The predicted octanol–water partition coefficient (Wildman–Crippen LogP) is 1.63. The minimum atomic E-state index is -3.69. The van der Waals surface area contributed by atoms with E-state index in [0.717, 1.165) is 17.7 Å². The van der Waals surface area contributed by atoms with Crippen LogP contribution in [-0.2, 0) is 30.8 Å². The fourth-order valence-electron chi connectivity index (χ4n) is 3.74. The van der Waals surface area contributed by atoms with Gasteiger partial charge in [0.15, 0.2) is 6.61 Å². The maximum absolute atomic E-state index is 12.7. The summed E-state index contributed by atoms with van der Waals surface area (Å²) in [5.74, 6) is -0.935. The Morgan fingerprint density at radius 1 is 1.20 bits per heavy atom. The van der Waals surface area contributed by atoms with Crippen LogP contribution in [0.2, 0.25) is 0 Å². The molecule has 0 aliphatic carbocycles. The first kappa shape index (κ1) is 20.1. The summed E-state index contributed by atoms with van der Waals surface area (Å²) in [6.45, 7) is 3.02. The maximum atomic E-state index is 12.7. The van der Waals surface area contributed by atoms with Crippen LogP contribution < -0.4 is 9.62 Å². The van der Waals surface area contributed by atoms with Crippen molar-refractivity contribution in [3.63, 3.8) is 0 Å². The zero-order valence-electron chi connectivity index (χ0n) is 16.5. The molecule has 9 heteroatoms. The van der Waals surface area contributed by atoms with Gasteiger partial charge in [-0.25, -0.2) is 13.2 Å². The van der Waals surface area contributed by atoms with Gasteiger partial charge in [0.25, 0.3) is 15.9 Å². The van der Waals surface area contributed by atoms with Gasteiger partial charge in [-0.05, 0) is 44.0 Å². The number of sulfonamides is 1. The number of ether oxygens (including phenoxy) is 1. The number of esters is 1. The number of amidine groups is 1. The molecule has 0 radical (unpaired) electrons. The second-order valence-corrected chi connectivity index (χ2v) is 8.96. The number of nitrogens with zero attached hydrogens (tertiary/aromatic N) is 2. The van der Waals surface area contributed by atoms with Crippen LogP contribution in [0.3, 0.4) is 0 Å². The molecule has 156 valence electrons. The van der Waals surface area contributed by atoms with Crippen molar-refractivity contribution in [2.24, 2.45) is 4.99 Å². The minimum Gasteiger partial charge on any atom is -0.454 e. The van der Waals surface area contributed by atoms with Gasteiger partial charge in [-0.3, -0.25) is 14.5 Å². The van der Waals surface area contributed by atoms with Crippen LogP contribution in [0.4, 0.5) is 5.69 Å². The van der Waals surface area contributed by atoms with Crippen LogP contribution in [0, 0.1) is 0 Å². The highest BCUT2D eigenvalue weighted by atomic mass is 32.2. The SMILES string of the molecule is CC1Cc2ccccc2N1C(=O)COC(=O)[C@H](C)N=C1NS(=O)(=O)c2ccccc21. The van der Waals surface area contributed by atoms with E-state index in [1.807, 2.05) is 31.2 Å². The lowest BCUT2D eigenvalue weighted by Crippen LogP contribution is -2.39. The highest BCUT2D eigenvalue weighted by Gasteiger charge is 2.33. The van der Waals surface area contributed by atoms with Crippen LogP contribution in [0.25, 0.3) is 0 Å². The summed E-state index contributed by atoms with van der Waals surface area (Å²) in [5.41, 5.74) is 2.31. The zero-order chi connectivity index (χ0) is 21.5. The molecule has 0 saturated carbocycles. The van der Waals surface area contributed by atoms with E-state index in [9.17, 15) is 18.0 Å². The van der Waals surface area contributed by atoms with Gasteiger partial charge in [0.2, 0.25) is 0 Å². The Bertz CT molecular complexity index is 1160. The van der Waals surface area contributed by atoms with Gasteiger partial charge >= 0.3 is 5.97 Å². The number of carbonyl (C=O) groups is 2. The smallest absolute Gasteiger partial charge is 0.331 e. The summed E-state index contributed by atoms with van der Waals surface area (Å²) >= 11 is 0. The third-order valence-corrected chi connectivity index (χ3v) is 6.54. The Balaban J connectivity index is 1.43. The summed E-state index contributed by atoms with van der Waals surface area (Å²) in [6, 6.07) is 13.0. The lowest BCUT2D eigenvalue weighted by Gasteiger charge is -2.22. The van der Waals surface area contributed by atoms with Gasteiger partial charge in [0.1, 0.15) is 11.9 Å². The third kappa shape index (κ3) is 3.56. The molecule has 2 aromatic carbocycles. The van der Waals surface area contributed by atoms with Gasteiger partial charge in [-0.2, -0.15) is 0 Å². The van der Waals surface area contributed by atoms with E-state index in [0.29, 0.717) is 5.56 Å². The summed E-state index contributed by atoms with van der Waals surface area (Å²) in [5, 5.41) is 0. The standard InChI is InChI=1S/C21H21N3O5S/c1-13-11-15-7-3-5-9-17(15)24(13)19(25)12-29-21(26)14(2)22-20-16-8-4-6-10-18(16)30(27,28)23-20/h3-10,13-14H,11-12H2,1-2H3,(H,22,23)/t13?,14-/m0/s1. The van der Waals surface area contributed by atoms with Crippen molar-refractivity contribution in [2.75, 3.05) is 11.5 Å². The molecular weight excluding hydrogens is 406 g/mol. The molecule has 1 amide bonds. The van der Waals surface area contributed by atoms with Gasteiger partial charge in [0.05, 0.1) is 4.90 Å². The van der Waals surface area contributed by atoms with Gasteiger partial charge in [-0.1, -0.05) is 30.3 Å². The molecule has 8 nitrogen and oxygen atoms in total. The van der Waals surface area contributed by atoms with E-state index >= 15 is 0 Å². The summed E-state index contributed by atoms with van der Waals surface area (Å²) in [6.07, 6.45) is 0.749. The van der Waals surface area contributed by atoms with E-state index < -0.39 is 28.6 Å². The van der Waals surface area contributed by atoms with E-state index in [4.69, 9.17) is 4.74 Å². The normalized spacial score (nSPS) is 20.9. The van der Waals surface area contributed by atoms with Crippen molar-refractivity contribution in [2.45, 2.75) is 37.2 Å². The molecule has 1 N–H and O–H groups in total. The Morgan fingerprint density at radius 3 is 2.70 bits per heavy atom. The first-order valence-corrected chi connectivity index (χ1v) is 11.0. The number of amides is 1. The molecule has 4 rings (SSSR count). The first-order valence-electron chi connectivity index (χ1n) is 9.54. The lowest BCUT2D eigenvalue weighted by atomic mass is 10.1. The number of hydrogen-bond donors (Lipinski definition) is 1. The second-order valence-electron chi connectivity index (χ2n) is 7.31. The second kappa shape index (κ2) is 7.56. The van der Waals surface area contributed by atoms with E-state index in [1.165, 1.54) is 13.0 Å². The number of rotatable bonds is 4. The molecule has 2 aliphatic heterocycles. The number of benzene rings is 2. The fraction of sp³-hybridized carbons (Fsp3) is 0.286. The van der Waals surface area contributed by atoms with Crippen molar-refractivity contribution >= 4 is 33.4 Å². The molecule has 2 aliphatic rings. The largest absolute Gasteiger partial charge is 0.454 e. The van der Waals surface area contributed by atoms with Crippen molar-refractivity contribution in [1.29, 1.82) is 0 Å². The molecule has 0 fully saturated rings. The molecule has 0 saturated heterocycles. The molecule has 2 heterocycles. The fourth-order valence-corrected chi connectivity index (χ4v) is 4.98. The Labute approximate surface area is 174 Å². The highest BCUT2D eigenvalue weighted by Crippen LogP contribution is 2.31. The van der Waals surface area contributed by atoms with Crippen molar-refractivity contribution in [3.8, 4) is 0 Å². The predicted molar refractivity (Wildman–Crippen MR) is 111 cm³/mol. The first-order chi connectivity index (χ1) is 14.3. The van der Waals surface area contributed by atoms with Crippen LogP contribution in [0.15, 0.2) is 58.4 Å². The molecule has 0 aromatic heterocycles. The number of hydrogen-bond acceptors (Lipinski definition) is 6. The van der Waals surface area contributed by atoms with Crippen molar-refractivity contribution in [3.05, 3.63) is 59.7 Å². The molecule has 2 atom stereocenters. The Kier molecular flexibility index (Phi) is 5.07. The molecular formula is C21H21N3O5S. The number of carbonyl (C=O) groups excluding carboxylic acids is 2. The average Bonchev–Trinajstić information content (AvgIpc) is 3.19. The molecule has 1 unspecified atom stereocenters. The van der Waals surface area contributed by atoms with E-state index in [2.05, 4.69) is 9.71 Å². The van der Waals surface area contributed by atoms with Crippen molar-refractivity contribution < 1.29 is 22.7 Å². The average molecular weight is 427 g/mol. The quantitative estimate of drug-likeness (QED) is 0.747. The lowest BCUT2D eigenvalue weighted by molar-refractivity contribution is -0.148. The number of nitrogens with one attached hydrogen (secondary N) is 1. The van der Waals surface area contributed by atoms with Gasteiger partial charge < -0.3 is 9.64 Å². The Hall–Kier alpha value is -3.20. The number of anilines is 1. The van der Waals surface area contributed by atoms with Crippen LogP contribution in [-0.4, -0.2) is 44.8 Å². The maximum Gasteiger partial charge on any atom is 0.331 e. The topological polar surface area (TPSA) is 105 Å². The third-order valence-electron chi connectivity index (χ3n) is 5.14.